The maximum absolute atomic E-state index is 6.09. The normalized spacial score (nSPS) is 19.1. The van der Waals surface area contributed by atoms with E-state index in [4.69, 9.17) is 27.9 Å². The van der Waals surface area contributed by atoms with E-state index in [0.717, 1.165) is 17.6 Å². The first-order valence-electron chi connectivity index (χ1n) is 4.80. The molecule has 1 aliphatic rings. The molecule has 2 nitrogen and oxygen atoms in total. The summed E-state index contributed by atoms with van der Waals surface area (Å²) in [5.41, 5.74) is 3.00. The lowest BCUT2D eigenvalue weighted by Gasteiger charge is -2.25. The van der Waals surface area contributed by atoms with E-state index in [1.807, 2.05) is 18.2 Å². The molecule has 3 rings (SSSR count). The van der Waals surface area contributed by atoms with E-state index in [0.29, 0.717) is 6.61 Å². The number of hydrogen-bond acceptors (Lipinski definition) is 1. The smallest absolute Gasteiger partial charge is 0.259 e. The van der Waals surface area contributed by atoms with Crippen molar-refractivity contribution in [3.63, 3.8) is 0 Å². The lowest BCUT2D eigenvalue weighted by Crippen LogP contribution is -2.24. The van der Waals surface area contributed by atoms with Crippen LogP contribution in [0.5, 0.6) is 0 Å². The van der Waals surface area contributed by atoms with Crippen LogP contribution in [-0.2, 0) is 15.7 Å². The molecule has 0 amide bonds. The number of para-hydroxylation sites is 1. The Bertz CT molecular complexity index is 518. The maximum atomic E-state index is 6.09. The molecule has 1 N–H and O–H groups in total. The fourth-order valence-corrected chi connectivity index (χ4v) is 2.54. The molecule has 0 saturated carbocycles. The number of aromatic amines is 1. The van der Waals surface area contributed by atoms with E-state index < -0.39 is 4.52 Å². The van der Waals surface area contributed by atoms with Gasteiger partial charge in [-0.15, -0.1) is 0 Å². The molecule has 0 atom stereocenters. The van der Waals surface area contributed by atoms with Crippen LogP contribution in [0.3, 0.4) is 0 Å². The molecule has 1 aromatic heterocycles. The zero-order valence-electron chi connectivity index (χ0n) is 7.89. The molecule has 2 heterocycles. The second-order valence-corrected chi connectivity index (χ2v) is 4.90. The molecule has 4 heteroatoms. The second kappa shape index (κ2) is 3.14. The first-order chi connectivity index (χ1) is 7.18. The van der Waals surface area contributed by atoms with Crippen LogP contribution in [0.15, 0.2) is 24.3 Å². The minimum Gasteiger partial charge on any atom is -0.354 e. The van der Waals surface area contributed by atoms with E-state index in [9.17, 15) is 0 Å². The third-order valence-electron chi connectivity index (χ3n) is 2.74. The van der Waals surface area contributed by atoms with Crippen molar-refractivity contribution in [2.75, 3.05) is 6.61 Å². The highest BCUT2D eigenvalue weighted by Gasteiger charge is 2.36. The molecule has 15 heavy (non-hydrogen) atoms. The molecule has 1 aliphatic heterocycles. The first-order valence-corrected chi connectivity index (χ1v) is 5.56. The van der Waals surface area contributed by atoms with E-state index in [2.05, 4.69) is 11.1 Å². The topological polar surface area (TPSA) is 25.0 Å². The fourth-order valence-electron chi connectivity index (χ4n) is 2.06. The molecule has 0 unspecified atom stereocenters. The Morgan fingerprint density at radius 3 is 2.93 bits per heavy atom. The number of hydrogen-bond donors (Lipinski definition) is 1. The number of benzene rings is 1. The minimum absolute atomic E-state index is 0.557. The fraction of sp³-hybridized carbons (Fsp3) is 0.273. The van der Waals surface area contributed by atoms with Crippen LogP contribution < -0.4 is 0 Å². The van der Waals surface area contributed by atoms with Crippen molar-refractivity contribution in [2.24, 2.45) is 0 Å². The maximum Gasteiger partial charge on any atom is 0.259 e. The van der Waals surface area contributed by atoms with Crippen LogP contribution in [0.4, 0.5) is 0 Å². The highest BCUT2D eigenvalue weighted by atomic mass is 35.5. The molecule has 0 spiro atoms. The highest BCUT2D eigenvalue weighted by molar-refractivity contribution is 6.47. The average molecular weight is 242 g/mol. The summed E-state index contributed by atoms with van der Waals surface area (Å²) >= 11 is 12.2. The number of halogens is 2. The number of alkyl halides is 2. The zero-order chi connectivity index (χ0) is 10.5. The van der Waals surface area contributed by atoms with Crippen molar-refractivity contribution in [1.82, 2.24) is 4.98 Å². The standard InChI is InChI=1S/C11H9Cl2NO/c12-11(13)10-8(5-6-15-11)7-3-1-2-4-9(7)14-10/h1-4,14H,5-6H2. The van der Waals surface area contributed by atoms with Crippen LogP contribution in [0.2, 0.25) is 0 Å². The summed E-state index contributed by atoms with van der Waals surface area (Å²) < 4.78 is 4.09. The molecular weight excluding hydrogens is 233 g/mol. The van der Waals surface area contributed by atoms with Crippen LogP contribution in [-0.4, -0.2) is 11.6 Å². The lowest BCUT2D eigenvalue weighted by atomic mass is 10.1. The number of fused-ring (bicyclic) bond motifs is 3. The second-order valence-electron chi connectivity index (χ2n) is 3.64. The summed E-state index contributed by atoms with van der Waals surface area (Å²) in [5, 5.41) is 1.18. The number of aromatic nitrogens is 1. The number of nitrogens with one attached hydrogen (secondary N) is 1. The van der Waals surface area contributed by atoms with Crippen molar-refractivity contribution in [1.29, 1.82) is 0 Å². The molecule has 0 saturated heterocycles. The predicted octanol–water partition coefficient (Wildman–Crippen LogP) is 3.33. The zero-order valence-corrected chi connectivity index (χ0v) is 9.40. The lowest BCUT2D eigenvalue weighted by molar-refractivity contribution is 0.0642. The Kier molecular flexibility index (Phi) is 2.00. The molecule has 0 fully saturated rings. The van der Waals surface area contributed by atoms with E-state index in [1.54, 1.807) is 0 Å². The number of rotatable bonds is 0. The summed E-state index contributed by atoms with van der Waals surface area (Å²) in [6.07, 6.45) is 0.848. The van der Waals surface area contributed by atoms with Crippen LogP contribution in [0, 0.1) is 0 Å². The van der Waals surface area contributed by atoms with Gasteiger partial charge in [-0.05, 0) is 18.1 Å². The summed E-state index contributed by atoms with van der Waals surface area (Å²) in [5.74, 6) is 0. The number of ether oxygens (including phenoxy) is 1. The van der Waals surface area contributed by atoms with Gasteiger partial charge in [-0.2, -0.15) is 0 Å². The predicted molar refractivity (Wildman–Crippen MR) is 61.3 cm³/mol. The quantitative estimate of drug-likeness (QED) is 0.704. The van der Waals surface area contributed by atoms with Gasteiger partial charge in [0.05, 0.1) is 12.3 Å². The van der Waals surface area contributed by atoms with E-state index in [-0.39, 0.29) is 0 Å². The van der Waals surface area contributed by atoms with Gasteiger partial charge in [0, 0.05) is 10.9 Å². The molecule has 78 valence electrons. The summed E-state index contributed by atoms with van der Waals surface area (Å²) in [7, 11) is 0. The average Bonchev–Trinajstić information content (AvgIpc) is 2.58. The Balaban J connectivity index is 2.34. The van der Waals surface area contributed by atoms with Crippen LogP contribution in [0.1, 0.15) is 11.3 Å². The third kappa shape index (κ3) is 1.36. The van der Waals surface area contributed by atoms with Crippen LogP contribution in [0.25, 0.3) is 10.9 Å². The summed E-state index contributed by atoms with van der Waals surface area (Å²) in [4.78, 5) is 3.22. The third-order valence-corrected chi connectivity index (χ3v) is 3.34. The minimum atomic E-state index is -1.23. The van der Waals surface area contributed by atoms with Gasteiger partial charge in [-0.3, -0.25) is 0 Å². The van der Waals surface area contributed by atoms with Crippen molar-refractivity contribution in [2.45, 2.75) is 10.9 Å². The van der Waals surface area contributed by atoms with Gasteiger partial charge in [-0.1, -0.05) is 41.4 Å². The van der Waals surface area contributed by atoms with Gasteiger partial charge in [0.1, 0.15) is 0 Å². The van der Waals surface area contributed by atoms with Crippen LogP contribution >= 0.6 is 23.2 Å². The van der Waals surface area contributed by atoms with Gasteiger partial charge < -0.3 is 9.72 Å². The molecule has 1 aromatic carbocycles. The highest BCUT2D eigenvalue weighted by Crippen LogP contribution is 2.42. The van der Waals surface area contributed by atoms with Gasteiger partial charge in [0.25, 0.3) is 4.52 Å². The number of H-pyrrole nitrogens is 1. The Morgan fingerprint density at radius 2 is 2.07 bits per heavy atom. The Morgan fingerprint density at radius 1 is 1.27 bits per heavy atom. The summed E-state index contributed by atoms with van der Waals surface area (Å²) in [6, 6.07) is 8.07. The Hall–Kier alpha value is -0.700. The van der Waals surface area contributed by atoms with Gasteiger partial charge >= 0.3 is 0 Å². The molecule has 0 bridgehead atoms. The summed E-state index contributed by atoms with van der Waals surface area (Å²) in [6.45, 7) is 0.557. The van der Waals surface area contributed by atoms with E-state index in [1.165, 1.54) is 10.9 Å². The largest absolute Gasteiger partial charge is 0.354 e. The first kappa shape index (κ1) is 9.52. The SMILES string of the molecule is ClC1(Cl)OCCc2c1[nH]c1ccccc21. The van der Waals surface area contributed by atoms with Gasteiger partial charge in [0.2, 0.25) is 0 Å². The van der Waals surface area contributed by atoms with Crippen molar-refractivity contribution >= 4 is 34.1 Å². The monoisotopic (exact) mass is 241 g/mol. The van der Waals surface area contributed by atoms with E-state index >= 15 is 0 Å². The molecular formula is C11H9Cl2NO. The Labute approximate surface area is 97.1 Å². The van der Waals surface area contributed by atoms with Gasteiger partial charge in [0.15, 0.2) is 0 Å². The van der Waals surface area contributed by atoms with Crippen molar-refractivity contribution in [3.05, 3.63) is 35.5 Å². The van der Waals surface area contributed by atoms with Gasteiger partial charge in [-0.25, -0.2) is 0 Å². The molecule has 0 radical (unpaired) electrons. The molecule has 2 aromatic rings. The molecule has 0 aliphatic carbocycles. The van der Waals surface area contributed by atoms with Crippen molar-refractivity contribution in [3.8, 4) is 0 Å². The van der Waals surface area contributed by atoms with Crippen molar-refractivity contribution < 1.29 is 4.74 Å².